The zero-order valence-corrected chi connectivity index (χ0v) is 19.7. The minimum atomic E-state index is -4.59. The second-order valence-electron chi connectivity index (χ2n) is 9.00. The van der Waals surface area contributed by atoms with Crippen LogP contribution < -0.4 is 5.32 Å². The molecule has 2 atom stereocenters. The molecular formula is C23H24F5N7O. The third-order valence-corrected chi connectivity index (χ3v) is 6.01. The fraction of sp³-hybridized carbons (Fsp3) is 0.435. The maximum Gasteiger partial charge on any atom is 0.419 e. The third-order valence-electron chi connectivity index (χ3n) is 6.01. The van der Waals surface area contributed by atoms with E-state index in [2.05, 4.69) is 25.4 Å². The molecule has 36 heavy (non-hydrogen) atoms. The van der Waals surface area contributed by atoms with E-state index < -0.39 is 48.5 Å². The number of nitrogens with zero attached hydrogens (tertiary/aromatic N) is 6. The molecule has 1 saturated heterocycles. The lowest BCUT2D eigenvalue weighted by molar-refractivity contribution is -0.138. The Bertz CT molecular complexity index is 1240. The minimum absolute atomic E-state index is 0.0173. The SMILES string of the molecule is Cc1ccnc(-c2cn(C)nc2C(=O)N2CC(F)(F)C[C@@H](C)C2CNc2ncc(C(F)(F)F)cn2)c1. The summed E-state index contributed by atoms with van der Waals surface area (Å²) in [4.78, 5) is 26.3. The van der Waals surface area contributed by atoms with E-state index in [0.29, 0.717) is 23.7 Å². The normalized spacial score (nSPS) is 19.8. The topological polar surface area (TPSA) is 88.8 Å². The summed E-state index contributed by atoms with van der Waals surface area (Å²) in [6.07, 6.45) is -0.593. The Morgan fingerprint density at radius 1 is 1.22 bits per heavy atom. The van der Waals surface area contributed by atoms with Gasteiger partial charge in [-0.1, -0.05) is 6.92 Å². The van der Waals surface area contributed by atoms with Crippen LogP contribution in [-0.4, -0.2) is 60.6 Å². The summed E-state index contributed by atoms with van der Waals surface area (Å²) < 4.78 is 68.9. The molecule has 1 N–H and O–H groups in total. The van der Waals surface area contributed by atoms with Crippen LogP contribution in [0, 0.1) is 12.8 Å². The average Bonchev–Trinajstić information content (AvgIpc) is 3.18. The van der Waals surface area contributed by atoms with Crippen molar-refractivity contribution in [2.24, 2.45) is 13.0 Å². The summed E-state index contributed by atoms with van der Waals surface area (Å²) in [6, 6.07) is 2.84. The van der Waals surface area contributed by atoms with Gasteiger partial charge in [0.15, 0.2) is 5.69 Å². The molecule has 3 aromatic rings. The van der Waals surface area contributed by atoms with Gasteiger partial charge in [-0.05, 0) is 30.5 Å². The number of alkyl halides is 5. The largest absolute Gasteiger partial charge is 0.419 e. The number of amides is 1. The van der Waals surface area contributed by atoms with Crippen molar-refractivity contribution in [3.63, 3.8) is 0 Å². The molecule has 13 heteroatoms. The van der Waals surface area contributed by atoms with E-state index in [1.807, 2.05) is 6.92 Å². The van der Waals surface area contributed by atoms with Crippen LogP contribution in [-0.2, 0) is 13.2 Å². The molecule has 4 heterocycles. The van der Waals surface area contributed by atoms with E-state index in [4.69, 9.17) is 0 Å². The predicted molar refractivity (Wildman–Crippen MR) is 120 cm³/mol. The Morgan fingerprint density at radius 3 is 2.56 bits per heavy atom. The molecule has 0 spiro atoms. The number of pyridine rings is 1. The highest BCUT2D eigenvalue weighted by Gasteiger charge is 2.47. The van der Waals surface area contributed by atoms with Crippen molar-refractivity contribution in [1.29, 1.82) is 0 Å². The molecule has 0 bridgehead atoms. The number of piperidine rings is 1. The fourth-order valence-electron chi connectivity index (χ4n) is 4.29. The molecule has 192 valence electrons. The highest BCUT2D eigenvalue weighted by atomic mass is 19.4. The molecule has 1 aliphatic rings. The predicted octanol–water partition coefficient (Wildman–Crippen LogP) is 4.20. The van der Waals surface area contributed by atoms with Crippen LogP contribution in [0.4, 0.5) is 27.9 Å². The summed E-state index contributed by atoms with van der Waals surface area (Å²) in [6.45, 7) is 2.59. The summed E-state index contributed by atoms with van der Waals surface area (Å²) in [5.74, 6) is -4.56. The number of halogens is 5. The van der Waals surface area contributed by atoms with E-state index in [-0.39, 0.29) is 18.2 Å². The van der Waals surface area contributed by atoms with Gasteiger partial charge in [0, 0.05) is 44.8 Å². The molecule has 1 unspecified atom stereocenters. The van der Waals surface area contributed by atoms with Crippen LogP contribution in [0.3, 0.4) is 0 Å². The van der Waals surface area contributed by atoms with Crippen LogP contribution in [0.5, 0.6) is 0 Å². The zero-order valence-electron chi connectivity index (χ0n) is 19.7. The number of hydrogen-bond donors (Lipinski definition) is 1. The van der Waals surface area contributed by atoms with Crippen molar-refractivity contribution >= 4 is 11.9 Å². The van der Waals surface area contributed by atoms with E-state index in [1.165, 1.54) is 4.68 Å². The van der Waals surface area contributed by atoms with Crippen molar-refractivity contribution in [3.8, 4) is 11.3 Å². The van der Waals surface area contributed by atoms with Crippen molar-refractivity contribution in [3.05, 3.63) is 53.7 Å². The molecule has 1 amide bonds. The van der Waals surface area contributed by atoms with Crippen LogP contribution in [0.2, 0.25) is 0 Å². The average molecular weight is 509 g/mol. The monoisotopic (exact) mass is 509 g/mol. The van der Waals surface area contributed by atoms with Crippen molar-refractivity contribution in [2.75, 3.05) is 18.4 Å². The van der Waals surface area contributed by atoms with Gasteiger partial charge in [0.1, 0.15) is 0 Å². The number of rotatable bonds is 5. The molecule has 1 aliphatic heterocycles. The Kier molecular flexibility index (Phi) is 6.67. The highest BCUT2D eigenvalue weighted by Crippen LogP contribution is 2.36. The van der Waals surface area contributed by atoms with E-state index in [0.717, 1.165) is 10.5 Å². The summed E-state index contributed by atoms with van der Waals surface area (Å²) in [7, 11) is 1.62. The minimum Gasteiger partial charge on any atom is -0.352 e. The van der Waals surface area contributed by atoms with Gasteiger partial charge in [-0.2, -0.15) is 18.3 Å². The second-order valence-corrected chi connectivity index (χ2v) is 9.00. The molecule has 0 aliphatic carbocycles. The maximum absolute atomic E-state index is 14.6. The lowest BCUT2D eigenvalue weighted by atomic mass is 9.88. The summed E-state index contributed by atoms with van der Waals surface area (Å²) in [5, 5.41) is 7.02. The number of aryl methyl sites for hydroxylation is 2. The number of carbonyl (C=O) groups excluding carboxylic acids is 1. The van der Waals surface area contributed by atoms with Crippen molar-refractivity contribution in [2.45, 2.75) is 38.4 Å². The van der Waals surface area contributed by atoms with Gasteiger partial charge in [0.25, 0.3) is 11.8 Å². The first-order chi connectivity index (χ1) is 16.8. The number of hydrogen-bond acceptors (Lipinski definition) is 6. The third kappa shape index (κ3) is 5.44. The van der Waals surface area contributed by atoms with Crippen LogP contribution in [0.15, 0.2) is 36.9 Å². The lowest BCUT2D eigenvalue weighted by Crippen LogP contribution is -2.57. The lowest BCUT2D eigenvalue weighted by Gasteiger charge is -2.43. The highest BCUT2D eigenvalue weighted by molar-refractivity contribution is 5.98. The molecule has 1 fully saturated rings. The van der Waals surface area contributed by atoms with Gasteiger partial charge in [0.2, 0.25) is 5.95 Å². The molecule has 8 nitrogen and oxygen atoms in total. The van der Waals surface area contributed by atoms with Gasteiger partial charge in [-0.15, -0.1) is 0 Å². The van der Waals surface area contributed by atoms with E-state index >= 15 is 0 Å². The van der Waals surface area contributed by atoms with Gasteiger partial charge < -0.3 is 10.2 Å². The van der Waals surface area contributed by atoms with Gasteiger partial charge in [0.05, 0.1) is 29.4 Å². The quantitative estimate of drug-likeness (QED) is 0.519. The number of aromatic nitrogens is 5. The van der Waals surface area contributed by atoms with Crippen LogP contribution >= 0.6 is 0 Å². The molecule has 4 rings (SSSR count). The number of nitrogens with one attached hydrogen (secondary N) is 1. The van der Waals surface area contributed by atoms with Gasteiger partial charge in [-0.3, -0.25) is 14.5 Å². The van der Waals surface area contributed by atoms with Crippen molar-refractivity contribution in [1.82, 2.24) is 29.6 Å². The second kappa shape index (κ2) is 9.43. The number of carbonyl (C=O) groups is 1. The van der Waals surface area contributed by atoms with Crippen molar-refractivity contribution < 1.29 is 26.7 Å². The molecule has 0 saturated carbocycles. The first-order valence-corrected chi connectivity index (χ1v) is 11.1. The fourth-order valence-corrected chi connectivity index (χ4v) is 4.29. The summed E-state index contributed by atoms with van der Waals surface area (Å²) >= 11 is 0. The Morgan fingerprint density at radius 2 is 1.92 bits per heavy atom. The zero-order chi connectivity index (χ0) is 26.3. The van der Waals surface area contributed by atoms with Gasteiger partial charge >= 0.3 is 6.18 Å². The Balaban J connectivity index is 1.61. The Labute approximate surface area is 203 Å². The number of likely N-dealkylation sites (tertiary alicyclic amines) is 1. The Hall–Kier alpha value is -3.64. The van der Waals surface area contributed by atoms with Crippen LogP contribution in [0.1, 0.15) is 35.0 Å². The van der Waals surface area contributed by atoms with Crippen LogP contribution in [0.25, 0.3) is 11.3 Å². The molecule has 0 radical (unpaired) electrons. The first kappa shape index (κ1) is 25.5. The van der Waals surface area contributed by atoms with E-state index in [9.17, 15) is 26.7 Å². The van der Waals surface area contributed by atoms with Gasteiger partial charge in [-0.25, -0.2) is 18.7 Å². The number of anilines is 1. The van der Waals surface area contributed by atoms with E-state index in [1.54, 1.807) is 38.5 Å². The first-order valence-electron chi connectivity index (χ1n) is 11.1. The molecule has 3 aromatic heterocycles. The maximum atomic E-state index is 14.6. The smallest absolute Gasteiger partial charge is 0.352 e. The molecule has 0 aromatic carbocycles. The molecular weight excluding hydrogens is 485 g/mol. The standard InChI is InChI=1S/C23H24F5N7O/c1-13-4-5-29-17(6-13)16-11-34(3)33-19(16)20(36)35-12-22(24,25)7-14(2)18(35)10-32-21-30-8-15(9-31-21)23(26,27)28/h4-6,8-9,11,14,18H,7,10,12H2,1-3H3,(H,30,31,32)/t14-,18?/m1/s1. The summed E-state index contributed by atoms with van der Waals surface area (Å²) in [5.41, 5.74) is 0.764.